The van der Waals surface area contributed by atoms with Gasteiger partial charge in [-0.15, -0.1) is 0 Å². The number of aromatic nitrogens is 1. The SMILES string of the molecule is CC(C)(C)c1cc(C(C)(c2ccccn2)C(C)(C)C)ccc1C#N. The van der Waals surface area contributed by atoms with Gasteiger partial charge in [0.15, 0.2) is 0 Å². The lowest BCUT2D eigenvalue weighted by Crippen LogP contribution is -2.39. The molecule has 126 valence electrons. The van der Waals surface area contributed by atoms with Crippen molar-refractivity contribution in [3.05, 3.63) is 65.0 Å². The van der Waals surface area contributed by atoms with Crippen LogP contribution in [0, 0.1) is 16.7 Å². The number of nitriles is 1. The molecule has 0 N–H and O–H groups in total. The fourth-order valence-corrected chi connectivity index (χ4v) is 3.20. The van der Waals surface area contributed by atoms with Crippen molar-refractivity contribution in [2.45, 2.75) is 59.3 Å². The summed E-state index contributed by atoms with van der Waals surface area (Å²) in [5.74, 6) is 0. The summed E-state index contributed by atoms with van der Waals surface area (Å²) in [7, 11) is 0. The fraction of sp³-hybridized carbons (Fsp3) is 0.455. The summed E-state index contributed by atoms with van der Waals surface area (Å²) < 4.78 is 0. The van der Waals surface area contributed by atoms with E-state index >= 15 is 0 Å². The van der Waals surface area contributed by atoms with Crippen LogP contribution in [-0.2, 0) is 10.8 Å². The molecular formula is C22H28N2. The Hall–Kier alpha value is -2.14. The average molecular weight is 320 g/mol. The molecule has 1 atom stereocenters. The lowest BCUT2D eigenvalue weighted by molar-refractivity contribution is 0.243. The van der Waals surface area contributed by atoms with Crippen LogP contribution < -0.4 is 0 Å². The Morgan fingerprint density at radius 1 is 0.917 bits per heavy atom. The highest BCUT2D eigenvalue weighted by atomic mass is 14.7. The first-order valence-corrected chi connectivity index (χ1v) is 8.48. The molecule has 24 heavy (non-hydrogen) atoms. The number of rotatable bonds is 2. The third-order valence-corrected chi connectivity index (χ3v) is 5.20. The molecule has 0 saturated carbocycles. The predicted molar refractivity (Wildman–Crippen MR) is 100 cm³/mol. The second-order valence-electron chi connectivity index (χ2n) is 8.71. The standard InChI is InChI=1S/C22H28N2/c1-20(2,3)18-14-17(12-11-16(18)15-23)22(7,21(4,5)6)19-10-8-9-13-24-19/h8-14H,1-7H3. The number of hydrogen-bond acceptors (Lipinski definition) is 2. The van der Waals surface area contributed by atoms with Gasteiger partial charge in [0.2, 0.25) is 0 Å². The molecule has 0 amide bonds. The Bertz CT molecular complexity index is 755. The van der Waals surface area contributed by atoms with Gasteiger partial charge in [0.25, 0.3) is 0 Å². The van der Waals surface area contributed by atoms with E-state index < -0.39 is 0 Å². The van der Waals surface area contributed by atoms with Gasteiger partial charge >= 0.3 is 0 Å². The maximum Gasteiger partial charge on any atom is 0.0994 e. The Labute approximate surface area is 146 Å². The van der Waals surface area contributed by atoms with Crippen LogP contribution in [0.5, 0.6) is 0 Å². The zero-order chi connectivity index (χ0) is 18.2. The van der Waals surface area contributed by atoms with Crippen LogP contribution >= 0.6 is 0 Å². The molecule has 1 aromatic carbocycles. The van der Waals surface area contributed by atoms with E-state index in [2.05, 4.69) is 77.7 Å². The summed E-state index contributed by atoms with van der Waals surface area (Å²) in [5.41, 5.74) is 3.76. The summed E-state index contributed by atoms with van der Waals surface area (Å²) in [6.45, 7) is 15.5. The topological polar surface area (TPSA) is 36.7 Å². The van der Waals surface area contributed by atoms with Gasteiger partial charge in [0.1, 0.15) is 0 Å². The van der Waals surface area contributed by atoms with Crippen molar-refractivity contribution in [1.29, 1.82) is 5.26 Å². The van der Waals surface area contributed by atoms with E-state index in [0.717, 1.165) is 16.8 Å². The van der Waals surface area contributed by atoms with Crippen molar-refractivity contribution in [2.24, 2.45) is 5.41 Å². The summed E-state index contributed by atoms with van der Waals surface area (Å²) in [6, 6.07) is 14.7. The van der Waals surface area contributed by atoms with E-state index in [9.17, 15) is 5.26 Å². The molecule has 0 radical (unpaired) electrons. The molecule has 0 fully saturated rings. The van der Waals surface area contributed by atoms with Crippen LogP contribution in [0.25, 0.3) is 0 Å². The van der Waals surface area contributed by atoms with Crippen molar-refractivity contribution in [2.75, 3.05) is 0 Å². The molecule has 0 bridgehead atoms. The number of pyridine rings is 1. The highest BCUT2D eigenvalue weighted by Crippen LogP contribution is 2.46. The smallest absolute Gasteiger partial charge is 0.0994 e. The minimum atomic E-state index is -0.248. The second kappa shape index (κ2) is 6.06. The summed E-state index contributed by atoms with van der Waals surface area (Å²) >= 11 is 0. The molecule has 0 aliphatic carbocycles. The summed E-state index contributed by atoms with van der Waals surface area (Å²) in [6.07, 6.45) is 1.85. The van der Waals surface area contributed by atoms with Crippen LogP contribution in [-0.4, -0.2) is 4.98 Å². The van der Waals surface area contributed by atoms with Gasteiger partial charge in [0, 0.05) is 11.6 Å². The first kappa shape index (κ1) is 18.2. The van der Waals surface area contributed by atoms with Gasteiger partial charge in [-0.05, 0) is 47.1 Å². The predicted octanol–water partition coefficient (Wildman–Crippen LogP) is 5.60. The van der Waals surface area contributed by atoms with E-state index in [1.54, 1.807) is 0 Å². The number of benzene rings is 1. The number of nitrogens with zero attached hydrogens (tertiary/aromatic N) is 2. The van der Waals surface area contributed by atoms with Crippen molar-refractivity contribution in [3.8, 4) is 6.07 Å². The van der Waals surface area contributed by atoms with Gasteiger partial charge in [-0.2, -0.15) is 5.26 Å². The minimum Gasteiger partial charge on any atom is -0.260 e. The first-order valence-electron chi connectivity index (χ1n) is 8.48. The van der Waals surface area contributed by atoms with Gasteiger partial charge < -0.3 is 0 Å². The third kappa shape index (κ3) is 3.08. The van der Waals surface area contributed by atoms with E-state index in [1.165, 1.54) is 5.56 Å². The molecule has 1 aromatic heterocycles. The van der Waals surface area contributed by atoms with E-state index in [1.807, 2.05) is 24.4 Å². The van der Waals surface area contributed by atoms with E-state index in [0.29, 0.717) is 0 Å². The molecule has 1 unspecified atom stereocenters. The fourth-order valence-electron chi connectivity index (χ4n) is 3.20. The molecule has 2 nitrogen and oxygen atoms in total. The monoisotopic (exact) mass is 320 g/mol. The Morgan fingerprint density at radius 3 is 2.04 bits per heavy atom. The zero-order valence-electron chi connectivity index (χ0n) is 15.9. The largest absolute Gasteiger partial charge is 0.260 e. The van der Waals surface area contributed by atoms with E-state index in [4.69, 9.17) is 0 Å². The molecule has 0 spiro atoms. The van der Waals surface area contributed by atoms with Gasteiger partial charge in [-0.25, -0.2) is 0 Å². The van der Waals surface area contributed by atoms with Crippen LogP contribution in [0.15, 0.2) is 42.6 Å². The first-order chi connectivity index (χ1) is 11.0. The maximum absolute atomic E-state index is 9.49. The zero-order valence-corrected chi connectivity index (χ0v) is 15.9. The molecule has 2 heteroatoms. The van der Waals surface area contributed by atoms with Crippen LogP contribution in [0.3, 0.4) is 0 Å². The molecule has 0 aliphatic rings. The summed E-state index contributed by atoms with van der Waals surface area (Å²) in [4.78, 5) is 4.66. The third-order valence-electron chi connectivity index (χ3n) is 5.20. The van der Waals surface area contributed by atoms with Crippen molar-refractivity contribution in [1.82, 2.24) is 4.98 Å². The van der Waals surface area contributed by atoms with Crippen molar-refractivity contribution < 1.29 is 0 Å². The van der Waals surface area contributed by atoms with Gasteiger partial charge in [-0.3, -0.25) is 4.98 Å². The summed E-state index contributed by atoms with van der Waals surface area (Å²) in [5, 5.41) is 9.49. The normalized spacial score (nSPS) is 14.8. The van der Waals surface area contributed by atoms with Crippen molar-refractivity contribution in [3.63, 3.8) is 0 Å². The lowest BCUT2D eigenvalue weighted by atomic mass is 9.61. The molecule has 1 heterocycles. The van der Waals surface area contributed by atoms with Gasteiger partial charge in [0.05, 0.1) is 17.3 Å². The average Bonchev–Trinajstić information content (AvgIpc) is 2.52. The van der Waals surface area contributed by atoms with Gasteiger partial charge in [-0.1, -0.05) is 59.7 Å². The van der Waals surface area contributed by atoms with Crippen LogP contribution in [0.1, 0.15) is 70.9 Å². The minimum absolute atomic E-state index is 0.0231. The Balaban J connectivity index is 2.77. The molecule has 2 rings (SSSR count). The number of hydrogen-bond donors (Lipinski definition) is 0. The molecule has 0 aliphatic heterocycles. The lowest BCUT2D eigenvalue weighted by Gasteiger charge is -2.42. The van der Waals surface area contributed by atoms with Crippen LogP contribution in [0.4, 0.5) is 0 Å². The Morgan fingerprint density at radius 2 is 1.58 bits per heavy atom. The molecule has 0 saturated heterocycles. The van der Waals surface area contributed by atoms with Crippen LogP contribution in [0.2, 0.25) is 0 Å². The van der Waals surface area contributed by atoms with E-state index in [-0.39, 0.29) is 16.2 Å². The highest BCUT2D eigenvalue weighted by molar-refractivity contribution is 5.48. The second-order valence-corrected chi connectivity index (χ2v) is 8.71. The molecule has 2 aromatic rings. The molecular weight excluding hydrogens is 292 g/mol. The maximum atomic E-state index is 9.49. The van der Waals surface area contributed by atoms with Crippen molar-refractivity contribution >= 4 is 0 Å². The highest BCUT2D eigenvalue weighted by Gasteiger charge is 2.42. The Kier molecular flexibility index (Phi) is 4.59. The quantitative estimate of drug-likeness (QED) is 0.722.